The number of hydrogen-bond donors (Lipinski definition) is 1. The van der Waals surface area contributed by atoms with E-state index in [4.69, 9.17) is 17.3 Å². The van der Waals surface area contributed by atoms with Crippen LogP contribution in [0.3, 0.4) is 0 Å². The van der Waals surface area contributed by atoms with Crippen LogP contribution in [0.5, 0.6) is 0 Å². The van der Waals surface area contributed by atoms with Gasteiger partial charge in [0.1, 0.15) is 5.15 Å². The summed E-state index contributed by atoms with van der Waals surface area (Å²) in [7, 11) is 0. The number of hydrogen-bond acceptors (Lipinski definition) is 2. The highest BCUT2D eigenvalue weighted by Gasteiger charge is 2.05. The molecule has 2 N–H and O–H groups in total. The molecule has 0 fully saturated rings. The first-order valence-corrected chi connectivity index (χ1v) is 3.62. The fourth-order valence-electron chi connectivity index (χ4n) is 0.774. The van der Waals surface area contributed by atoms with Gasteiger partial charge in [-0.15, -0.1) is 6.58 Å². The molecule has 0 bridgehead atoms. The summed E-state index contributed by atoms with van der Waals surface area (Å²) in [4.78, 5) is 3.89. The van der Waals surface area contributed by atoms with Crippen molar-refractivity contribution in [3.63, 3.8) is 0 Å². The van der Waals surface area contributed by atoms with Gasteiger partial charge in [-0.25, -0.2) is 4.98 Å². The summed E-state index contributed by atoms with van der Waals surface area (Å²) < 4.78 is 0. The monoisotopic (exact) mass is 168 g/mol. The number of nitrogens with two attached hydrogens (primary N) is 1. The summed E-state index contributed by atoms with van der Waals surface area (Å²) in [5.74, 6) is 0. The van der Waals surface area contributed by atoms with Gasteiger partial charge in [-0.3, -0.25) is 0 Å². The van der Waals surface area contributed by atoms with E-state index in [1.807, 2.05) is 6.07 Å². The van der Waals surface area contributed by atoms with Gasteiger partial charge < -0.3 is 5.73 Å². The minimum atomic E-state index is -0.226. The molecule has 1 rings (SSSR count). The summed E-state index contributed by atoms with van der Waals surface area (Å²) in [5, 5.41) is 0.444. The summed E-state index contributed by atoms with van der Waals surface area (Å²) >= 11 is 5.76. The average Bonchev–Trinajstić information content (AvgIpc) is 2.04. The smallest absolute Gasteiger partial charge is 0.134 e. The lowest BCUT2D eigenvalue weighted by Crippen LogP contribution is -2.07. The molecule has 1 aromatic rings. The first-order valence-electron chi connectivity index (χ1n) is 3.24. The Morgan fingerprint density at radius 1 is 1.73 bits per heavy atom. The third kappa shape index (κ3) is 1.79. The normalized spacial score (nSPS) is 12.5. The molecule has 0 aliphatic heterocycles. The molecule has 1 aromatic heterocycles. The third-order valence-electron chi connectivity index (χ3n) is 1.40. The van der Waals surface area contributed by atoms with E-state index in [1.54, 1.807) is 18.3 Å². The van der Waals surface area contributed by atoms with Crippen LogP contribution < -0.4 is 5.73 Å². The lowest BCUT2D eigenvalue weighted by atomic mass is 10.1. The van der Waals surface area contributed by atoms with Crippen LogP contribution in [0.2, 0.25) is 5.15 Å². The van der Waals surface area contributed by atoms with Gasteiger partial charge >= 0.3 is 0 Å². The molecule has 1 heterocycles. The Morgan fingerprint density at radius 3 is 3.00 bits per heavy atom. The topological polar surface area (TPSA) is 38.9 Å². The highest BCUT2D eigenvalue weighted by atomic mass is 35.5. The molecule has 1 atom stereocenters. The van der Waals surface area contributed by atoms with E-state index in [0.717, 1.165) is 5.56 Å². The predicted molar refractivity (Wildman–Crippen MR) is 46.4 cm³/mol. The van der Waals surface area contributed by atoms with E-state index in [-0.39, 0.29) is 6.04 Å². The van der Waals surface area contributed by atoms with Crippen LogP contribution in [-0.4, -0.2) is 4.98 Å². The average molecular weight is 169 g/mol. The van der Waals surface area contributed by atoms with Gasteiger partial charge in [0.25, 0.3) is 0 Å². The Kier molecular flexibility index (Phi) is 2.63. The molecule has 58 valence electrons. The second kappa shape index (κ2) is 3.51. The van der Waals surface area contributed by atoms with Gasteiger partial charge in [-0.05, 0) is 6.07 Å². The van der Waals surface area contributed by atoms with Crippen molar-refractivity contribution >= 4 is 11.6 Å². The number of rotatable bonds is 2. The van der Waals surface area contributed by atoms with E-state index < -0.39 is 0 Å². The molecular weight excluding hydrogens is 160 g/mol. The lowest BCUT2D eigenvalue weighted by Gasteiger charge is -2.06. The van der Waals surface area contributed by atoms with Crippen molar-refractivity contribution < 1.29 is 0 Å². The van der Waals surface area contributed by atoms with Crippen molar-refractivity contribution in [3.05, 3.63) is 41.7 Å². The van der Waals surface area contributed by atoms with Crippen LogP contribution in [0.25, 0.3) is 0 Å². The van der Waals surface area contributed by atoms with E-state index in [0.29, 0.717) is 5.15 Å². The molecule has 0 aliphatic carbocycles. The zero-order valence-corrected chi connectivity index (χ0v) is 6.75. The van der Waals surface area contributed by atoms with Crippen LogP contribution in [0.15, 0.2) is 31.0 Å². The molecule has 0 saturated heterocycles. The standard InChI is InChI=1S/C8H9ClN2/c1-2-7(10)6-4-3-5-11-8(6)9/h2-5,7H,1,10H2/t7-/m0/s1. The van der Waals surface area contributed by atoms with E-state index in [1.165, 1.54) is 0 Å². The fraction of sp³-hybridized carbons (Fsp3) is 0.125. The maximum Gasteiger partial charge on any atom is 0.134 e. The summed E-state index contributed by atoms with van der Waals surface area (Å²) in [5.41, 5.74) is 6.46. The maximum atomic E-state index is 5.76. The quantitative estimate of drug-likeness (QED) is 0.541. The minimum Gasteiger partial charge on any atom is -0.321 e. The van der Waals surface area contributed by atoms with Gasteiger partial charge in [-0.1, -0.05) is 23.7 Å². The number of pyridine rings is 1. The predicted octanol–water partition coefficient (Wildman–Crippen LogP) is 1.92. The molecule has 11 heavy (non-hydrogen) atoms. The number of aromatic nitrogens is 1. The summed E-state index contributed by atoms with van der Waals surface area (Å²) in [6.07, 6.45) is 3.25. The second-order valence-corrected chi connectivity index (χ2v) is 2.50. The van der Waals surface area contributed by atoms with Crippen molar-refractivity contribution in [1.82, 2.24) is 4.98 Å². The number of halogens is 1. The van der Waals surface area contributed by atoms with Gasteiger partial charge in [0.15, 0.2) is 0 Å². The molecule has 0 saturated carbocycles. The highest BCUT2D eigenvalue weighted by molar-refractivity contribution is 6.30. The Balaban J connectivity index is 3.02. The van der Waals surface area contributed by atoms with Gasteiger partial charge in [0.2, 0.25) is 0 Å². The SMILES string of the molecule is C=C[C@H](N)c1cccnc1Cl. The number of nitrogens with zero attached hydrogens (tertiary/aromatic N) is 1. The van der Waals surface area contributed by atoms with Crippen molar-refractivity contribution in [1.29, 1.82) is 0 Å². The van der Waals surface area contributed by atoms with E-state index in [9.17, 15) is 0 Å². The Labute approximate surface area is 70.7 Å². The van der Waals surface area contributed by atoms with Crippen LogP contribution in [0.1, 0.15) is 11.6 Å². The van der Waals surface area contributed by atoms with Gasteiger partial charge in [-0.2, -0.15) is 0 Å². The van der Waals surface area contributed by atoms with Crippen molar-refractivity contribution in [2.24, 2.45) is 5.73 Å². The molecule has 0 aromatic carbocycles. The molecule has 3 heteroatoms. The minimum absolute atomic E-state index is 0.226. The van der Waals surface area contributed by atoms with Crippen LogP contribution >= 0.6 is 11.6 Å². The first kappa shape index (κ1) is 8.24. The Morgan fingerprint density at radius 2 is 2.45 bits per heavy atom. The summed E-state index contributed by atoms with van der Waals surface area (Å²) in [6, 6.07) is 3.41. The fourth-order valence-corrected chi connectivity index (χ4v) is 1.02. The largest absolute Gasteiger partial charge is 0.321 e. The van der Waals surface area contributed by atoms with Gasteiger partial charge in [0, 0.05) is 11.8 Å². The lowest BCUT2D eigenvalue weighted by molar-refractivity contribution is 0.904. The molecule has 0 radical (unpaired) electrons. The molecule has 2 nitrogen and oxygen atoms in total. The van der Waals surface area contributed by atoms with E-state index >= 15 is 0 Å². The highest BCUT2D eigenvalue weighted by Crippen LogP contribution is 2.18. The van der Waals surface area contributed by atoms with E-state index in [2.05, 4.69) is 11.6 Å². The van der Waals surface area contributed by atoms with Crippen LogP contribution in [0.4, 0.5) is 0 Å². The Bertz CT molecular complexity index is 260. The van der Waals surface area contributed by atoms with Crippen molar-refractivity contribution in [2.45, 2.75) is 6.04 Å². The molecule has 0 amide bonds. The van der Waals surface area contributed by atoms with Crippen LogP contribution in [0, 0.1) is 0 Å². The summed E-state index contributed by atoms with van der Waals surface area (Å²) in [6.45, 7) is 3.57. The second-order valence-electron chi connectivity index (χ2n) is 2.14. The van der Waals surface area contributed by atoms with Crippen LogP contribution in [-0.2, 0) is 0 Å². The third-order valence-corrected chi connectivity index (χ3v) is 1.72. The van der Waals surface area contributed by atoms with Crippen molar-refractivity contribution in [3.8, 4) is 0 Å². The Hall–Kier alpha value is -0.860. The maximum absolute atomic E-state index is 5.76. The van der Waals surface area contributed by atoms with Gasteiger partial charge in [0.05, 0.1) is 6.04 Å². The zero-order chi connectivity index (χ0) is 8.27. The van der Waals surface area contributed by atoms with Crippen molar-refractivity contribution in [2.75, 3.05) is 0 Å². The molecule has 0 aliphatic rings. The zero-order valence-electron chi connectivity index (χ0n) is 6.00. The molecular formula is C8H9ClN2. The molecule has 0 spiro atoms. The first-order chi connectivity index (χ1) is 5.25. The molecule has 0 unspecified atom stereocenters.